The van der Waals surface area contributed by atoms with E-state index < -0.39 is 0 Å². The van der Waals surface area contributed by atoms with Gasteiger partial charge in [0, 0.05) is 10.9 Å². The third-order valence-corrected chi connectivity index (χ3v) is 5.17. The van der Waals surface area contributed by atoms with E-state index in [9.17, 15) is 0 Å². The van der Waals surface area contributed by atoms with Gasteiger partial charge in [0.2, 0.25) is 0 Å². The van der Waals surface area contributed by atoms with Crippen LogP contribution in [0.2, 0.25) is 0 Å². The minimum absolute atomic E-state index is 0.664. The van der Waals surface area contributed by atoms with Gasteiger partial charge in [-0.1, -0.05) is 37.6 Å². The van der Waals surface area contributed by atoms with Crippen LogP contribution in [-0.4, -0.2) is 4.98 Å². The first-order valence-electron chi connectivity index (χ1n) is 9.05. The standard InChI is InChI=1S/C23H25N/c1-14(2)10-17-6-5-7-22-20(17)13-18-8-9-19-16(4)11-15(3)12-21(19)23(18)24-22/h5-7,11-14H,8-10H2,1-4H3. The van der Waals surface area contributed by atoms with Gasteiger partial charge in [0.25, 0.3) is 0 Å². The van der Waals surface area contributed by atoms with Crippen molar-refractivity contribution in [2.24, 2.45) is 5.92 Å². The van der Waals surface area contributed by atoms with Gasteiger partial charge in [-0.25, -0.2) is 4.98 Å². The van der Waals surface area contributed by atoms with E-state index in [1.54, 1.807) is 0 Å². The van der Waals surface area contributed by atoms with Gasteiger partial charge in [-0.15, -0.1) is 0 Å². The molecule has 3 aromatic rings. The molecule has 0 saturated heterocycles. The number of aryl methyl sites for hydroxylation is 3. The highest BCUT2D eigenvalue weighted by Crippen LogP contribution is 2.37. The van der Waals surface area contributed by atoms with Crippen LogP contribution in [-0.2, 0) is 19.3 Å². The SMILES string of the molecule is Cc1cc(C)c2c(c1)-c1nc3cccc(CC(C)C)c3cc1CC2. The zero-order valence-corrected chi connectivity index (χ0v) is 15.1. The Bertz CT molecular complexity index is 934. The fourth-order valence-electron chi connectivity index (χ4n) is 4.14. The lowest BCUT2D eigenvalue weighted by atomic mass is 9.84. The van der Waals surface area contributed by atoms with Gasteiger partial charge in [0.05, 0.1) is 11.2 Å². The van der Waals surface area contributed by atoms with Gasteiger partial charge < -0.3 is 0 Å². The van der Waals surface area contributed by atoms with Crippen molar-refractivity contribution >= 4 is 10.9 Å². The summed E-state index contributed by atoms with van der Waals surface area (Å²) in [5, 5.41) is 1.35. The maximum atomic E-state index is 5.11. The van der Waals surface area contributed by atoms with Crippen LogP contribution in [0.15, 0.2) is 36.4 Å². The van der Waals surface area contributed by atoms with E-state index in [0.29, 0.717) is 5.92 Å². The van der Waals surface area contributed by atoms with E-state index in [4.69, 9.17) is 4.98 Å². The molecular weight excluding hydrogens is 290 g/mol. The second-order valence-corrected chi connectivity index (χ2v) is 7.69. The molecule has 1 aliphatic rings. The summed E-state index contributed by atoms with van der Waals surface area (Å²) < 4.78 is 0. The average molecular weight is 315 g/mol. The zero-order valence-electron chi connectivity index (χ0n) is 15.1. The smallest absolute Gasteiger partial charge is 0.0744 e. The summed E-state index contributed by atoms with van der Waals surface area (Å²) in [4.78, 5) is 5.11. The van der Waals surface area contributed by atoms with Gasteiger partial charge in [-0.2, -0.15) is 0 Å². The molecule has 0 N–H and O–H groups in total. The molecule has 0 unspecified atom stereocenters. The van der Waals surface area contributed by atoms with Crippen LogP contribution in [0.1, 0.15) is 41.7 Å². The number of hydrogen-bond acceptors (Lipinski definition) is 1. The Morgan fingerprint density at radius 1 is 1.04 bits per heavy atom. The van der Waals surface area contributed by atoms with Crippen molar-refractivity contribution in [2.45, 2.75) is 47.0 Å². The predicted molar refractivity (Wildman–Crippen MR) is 103 cm³/mol. The summed E-state index contributed by atoms with van der Waals surface area (Å²) in [7, 11) is 0. The van der Waals surface area contributed by atoms with E-state index in [1.807, 2.05) is 0 Å². The van der Waals surface area contributed by atoms with Crippen LogP contribution in [0.4, 0.5) is 0 Å². The molecule has 122 valence electrons. The number of pyridine rings is 1. The molecule has 4 rings (SSSR count). The lowest BCUT2D eigenvalue weighted by Gasteiger charge is -2.22. The summed E-state index contributed by atoms with van der Waals surface area (Å²) in [6.07, 6.45) is 3.35. The highest BCUT2D eigenvalue weighted by Gasteiger charge is 2.20. The summed E-state index contributed by atoms with van der Waals surface area (Å²) >= 11 is 0. The lowest BCUT2D eigenvalue weighted by Crippen LogP contribution is -2.08. The fraction of sp³-hybridized carbons (Fsp3) is 0.348. The minimum Gasteiger partial charge on any atom is -0.247 e. The van der Waals surface area contributed by atoms with E-state index in [0.717, 1.165) is 24.8 Å². The molecular formula is C23H25N. The largest absolute Gasteiger partial charge is 0.247 e. The van der Waals surface area contributed by atoms with Crippen molar-refractivity contribution in [3.05, 3.63) is 64.2 Å². The molecule has 0 spiro atoms. The molecule has 0 atom stereocenters. The topological polar surface area (TPSA) is 12.9 Å². The van der Waals surface area contributed by atoms with Crippen LogP contribution < -0.4 is 0 Å². The highest BCUT2D eigenvalue weighted by atomic mass is 14.7. The Balaban J connectivity index is 1.95. The molecule has 0 aliphatic heterocycles. The maximum absolute atomic E-state index is 5.11. The molecule has 0 bridgehead atoms. The number of rotatable bonds is 2. The van der Waals surface area contributed by atoms with Crippen LogP contribution in [0.5, 0.6) is 0 Å². The number of hydrogen-bond donors (Lipinski definition) is 0. The van der Waals surface area contributed by atoms with Crippen molar-refractivity contribution in [1.82, 2.24) is 4.98 Å². The Kier molecular flexibility index (Phi) is 3.68. The number of aromatic nitrogens is 1. The molecule has 1 aromatic heterocycles. The predicted octanol–water partition coefficient (Wildman–Crippen LogP) is 5.82. The number of fused-ring (bicyclic) bond motifs is 4. The van der Waals surface area contributed by atoms with Gasteiger partial charge >= 0.3 is 0 Å². The van der Waals surface area contributed by atoms with Gasteiger partial charge in [-0.3, -0.25) is 0 Å². The van der Waals surface area contributed by atoms with Gasteiger partial charge in [0.15, 0.2) is 0 Å². The summed E-state index contributed by atoms with van der Waals surface area (Å²) in [5.41, 5.74) is 10.8. The highest BCUT2D eigenvalue weighted by molar-refractivity contribution is 5.87. The van der Waals surface area contributed by atoms with Crippen molar-refractivity contribution in [3.63, 3.8) is 0 Å². The summed E-state index contributed by atoms with van der Waals surface area (Å²) in [6.45, 7) is 8.99. The van der Waals surface area contributed by atoms with Crippen LogP contribution >= 0.6 is 0 Å². The normalized spacial score (nSPS) is 13.2. The zero-order chi connectivity index (χ0) is 16.8. The van der Waals surface area contributed by atoms with Crippen LogP contribution in [0.25, 0.3) is 22.2 Å². The minimum atomic E-state index is 0.664. The fourth-order valence-corrected chi connectivity index (χ4v) is 4.14. The molecule has 1 heterocycles. The molecule has 1 aliphatic carbocycles. The Labute approximate surface area is 144 Å². The molecule has 0 fully saturated rings. The first kappa shape index (κ1) is 15.4. The van der Waals surface area contributed by atoms with E-state index >= 15 is 0 Å². The molecule has 0 saturated carbocycles. The van der Waals surface area contributed by atoms with E-state index in [-0.39, 0.29) is 0 Å². The quantitative estimate of drug-likeness (QED) is 0.581. The lowest BCUT2D eigenvalue weighted by molar-refractivity contribution is 0.650. The molecule has 0 amide bonds. The third kappa shape index (κ3) is 2.53. The van der Waals surface area contributed by atoms with Crippen molar-refractivity contribution in [3.8, 4) is 11.3 Å². The van der Waals surface area contributed by atoms with E-state index in [2.05, 4.69) is 64.1 Å². The van der Waals surface area contributed by atoms with E-state index in [1.165, 1.54) is 44.5 Å². The van der Waals surface area contributed by atoms with Crippen LogP contribution in [0.3, 0.4) is 0 Å². The van der Waals surface area contributed by atoms with Gasteiger partial charge in [-0.05, 0) is 79.5 Å². The van der Waals surface area contributed by atoms with Crippen molar-refractivity contribution in [1.29, 1.82) is 0 Å². The molecule has 24 heavy (non-hydrogen) atoms. The Morgan fingerprint density at radius 3 is 2.67 bits per heavy atom. The second kappa shape index (κ2) is 5.73. The number of benzene rings is 2. The monoisotopic (exact) mass is 315 g/mol. The number of nitrogens with zero attached hydrogens (tertiary/aromatic N) is 1. The third-order valence-electron chi connectivity index (χ3n) is 5.17. The first-order chi connectivity index (χ1) is 11.5. The first-order valence-corrected chi connectivity index (χ1v) is 9.05. The molecule has 0 radical (unpaired) electrons. The van der Waals surface area contributed by atoms with Crippen LogP contribution in [0, 0.1) is 19.8 Å². The van der Waals surface area contributed by atoms with Gasteiger partial charge in [0.1, 0.15) is 0 Å². The molecule has 1 nitrogen and oxygen atoms in total. The summed E-state index contributed by atoms with van der Waals surface area (Å²) in [6, 6.07) is 13.6. The van der Waals surface area contributed by atoms with Crippen molar-refractivity contribution < 1.29 is 0 Å². The Morgan fingerprint density at radius 2 is 1.88 bits per heavy atom. The van der Waals surface area contributed by atoms with Crippen molar-refractivity contribution in [2.75, 3.05) is 0 Å². The molecule has 2 aromatic carbocycles. The average Bonchev–Trinajstić information content (AvgIpc) is 2.53. The second-order valence-electron chi connectivity index (χ2n) is 7.69. The molecule has 1 heteroatoms. The maximum Gasteiger partial charge on any atom is 0.0744 e. The summed E-state index contributed by atoms with van der Waals surface area (Å²) in [5.74, 6) is 0.664. The Hall–Kier alpha value is -2.15.